The molecule has 2 aliphatic rings. The zero-order valence-electron chi connectivity index (χ0n) is 7.13. The summed E-state index contributed by atoms with van der Waals surface area (Å²) in [7, 11) is 1.47. The molecule has 1 aliphatic carbocycles. The number of piperidine rings is 1. The van der Waals surface area contributed by atoms with Crippen molar-refractivity contribution in [1.29, 1.82) is 0 Å². The zero-order valence-corrected chi connectivity index (χ0v) is 7.95. The van der Waals surface area contributed by atoms with E-state index in [2.05, 4.69) is 5.32 Å². The first-order valence-corrected chi connectivity index (χ1v) is 4.09. The smallest absolute Gasteiger partial charge is 0.313 e. The zero-order chi connectivity index (χ0) is 7.90. The summed E-state index contributed by atoms with van der Waals surface area (Å²) in [5.74, 6) is -0.0231. The maximum Gasteiger partial charge on any atom is 0.313 e. The Kier molecular flexibility index (Phi) is 2.64. The molecule has 2 bridgehead atoms. The number of nitrogens with one attached hydrogen (secondary N) is 1. The van der Waals surface area contributed by atoms with E-state index in [9.17, 15) is 4.79 Å². The number of rotatable bonds is 1. The highest BCUT2D eigenvalue weighted by molar-refractivity contribution is 5.85. The van der Waals surface area contributed by atoms with Gasteiger partial charge in [0.25, 0.3) is 0 Å². The van der Waals surface area contributed by atoms with E-state index in [0.717, 1.165) is 25.8 Å². The van der Waals surface area contributed by atoms with Crippen LogP contribution in [-0.2, 0) is 9.53 Å². The topological polar surface area (TPSA) is 38.3 Å². The van der Waals surface area contributed by atoms with E-state index in [4.69, 9.17) is 4.74 Å². The van der Waals surface area contributed by atoms with Gasteiger partial charge in [0.15, 0.2) is 0 Å². The van der Waals surface area contributed by atoms with Gasteiger partial charge in [-0.15, -0.1) is 12.4 Å². The Labute approximate surface area is 78.3 Å². The quantitative estimate of drug-likeness (QED) is 0.621. The number of methoxy groups -OCH3 is 1. The van der Waals surface area contributed by atoms with Crippen LogP contribution in [0.5, 0.6) is 0 Å². The molecule has 2 unspecified atom stereocenters. The van der Waals surface area contributed by atoms with Gasteiger partial charge < -0.3 is 10.1 Å². The van der Waals surface area contributed by atoms with E-state index in [0.29, 0.717) is 6.04 Å². The van der Waals surface area contributed by atoms with Crippen LogP contribution in [0.3, 0.4) is 0 Å². The van der Waals surface area contributed by atoms with Gasteiger partial charge in [-0.3, -0.25) is 4.79 Å². The van der Waals surface area contributed by atoms with Crippen molar-refractivity contribution in [3.8, 4) is 0 Å². The fraction of sp³-hybridized carbons (Fsp3) is 0.875. The molecule has 0 spiro atoms. The molecule has 0 radical (unpaired) electrons. The summed E-state index contributed by atoms with van der Waals surface area (Å²) in [6.45, 7) is 0.824. The molecular weight excluding hydrogens is 178 g/mol. The van der Waals surface area contributed by atoms with Gasteiger partial charge in [-0.1, -0.05) is 0 Å². The number of fused-ring (bicyclic) bond motifs is 2. The van der Waals surface area contributed by atoms with Gasteiger partial charge in [-0.05, 0) is 19.3 Å². The van der Waals surface area contributed by atoms with Crippen LogP contribution in [0.4, 0.5) is 0 Å². The number of carbonyl (C=O) groups is 1. The number of halogens is 1. The van der Waals surface area contributed by atoms with E-state index in [1.54, 1.807) is 0 Å². The molecule has 2 rings (SSSR count). The van der Waals surface area contributed by atoms with Crippen molar-refractivity contribution < 1.29 is 9.53 Å². The molecule has 1 aliphatic heterocycles. The molecular formula is C8H14ClNO2. The van der Waals surface area contributed by atoms with E-state index in [1.165, 1.54) is 7.11 Å². The average Bonchev–Trinajstić information content (AvgIpc) is 2.62. The first-order chi connectivity index (χ1) is 5.27. The maximum absolute atomic E-state index is 11.3. The molecule has 0 aromatic heterocycles. The van der Waals surface area contributed by atoms with E-state index in [1.807, 2.05) is 0 Å². The van der Waals surface area contributed by atoms with Crippen LogP contribution in [0.2, 0.25) is 0 Å². The van der Waals surface area contributed by atoms with Gasteiger partial charge in [0.2, 0.25) is 0 Å². The van der Waals surface area contributed by atoms with Crippen LogP contribution in [0.15, 0.2) is 0 Å². The fourth-order valence-electron chi connectivity index (χ4n) is 2.27. The van der Waals surface area contributed by atoms with Crippen molar-refractivity contribution in [3.05, 3.63) is 0 Å². The van der Waals surface area contributed by atoms with Crippen molar-refractivity contribution in [2.75, 3.05) is 13.7 Å². The molecule has 2 fully saturated rings. The second-order valence-corrected chi connectivity index (χ2v) is 3.59. The number of hydrogen-bond donors (Lipinski definition) is 1. The van der Waals surface area contributed by atoms with Crippen molar-refractivity contribution in [2.45, 2.75) is 25.3 Å². The first kappa shape index (κ1) is 9.81. The SMILES string of the molecule is COC(=O)C12CCC(C1)NC2.Cl. The lowest BCUT2D eigenvalue weighted by molar-refractivity contribution is -0.151. The molecule has 4 heteroatoms. The standard InChI is InChI=1S/C8H13NO2.ClH/c1-11-7(10)8-3-2-6(4-8)9-5-8;/h6,9H,2-5H2,1H3;1H. The van der Waals surface area contributed by atoms with E-state index >= 15 is 0 Å². The van der Waals surface area contributed by atoms with E-state index in [-0.39, 0.29) is 23.8 Å². The molecule has 70 valence electrons. The average molecular weight is 192 g/mol. The van der Waals surface area contributed by atoms with Crippen LogP contribution < -0.4 is 5.32 Å². The third kappa shape index (κ3) is 1.21. The molecule has 0 aromatic rings. The van der Waals surface area contributed by atoms with Crippen molar-refractivity contribution in [3.63, 3.8) is 0 Å². The normalized spacial score (nSPS) is 37.6. The van der Waals surface area contributed by atoms with Crippen LogP contribution in [0.1, 0.15) is 19.3 Å². The molecule has 1 N–H and O–H groups in total. The number of carbonyl (C=O) groups excluding carboxylic acids is 1. The van der Waals surface area contributed by atoms with Crippen molar-refractivity contribution >= 4 is 18.4 Å². The summed E-state index contributed by atoms with van der Waals surface area (Å²) in [6, 6.07) is 0.578. The molecule has 1 saturated heterocycles. The third-order valence-electron chi connectivity index (χ3n) is 2.96. The van der Waals surface area contributed by atoms with Gasteiger partial charge in [-0.2, -0.15) is 0 Å². The lowest BCUT2D eigenvalue weighted by Crippen LogP contribution is -2.36. The third-order valence-corrected chi connectivity index (χ3v) is 2.96. The minimum Gasteiger partial charge on any atom is -0.469 e. The molecule has 0 aromatic carbocycles. The van der Waals surface area contributed by atoms with Gasteiger partial charge in [0.05, 0.1) is 12.5 Å². The predicted molar refractivity (Wildman–Crippen MR) is 47.3 cm³/mol. The molecule has 12 heavy (non-hydrogen) atoms. The first-order valence-electron chi connectivity index (χ1n) is 4.09. The largest absolute Gasteiger partial charge is 0.469 e. The highest BCUT2D eigenvalue weighted by Crippen LogP contribution is 2.43. The van der Waals surface area contributed by atoms with Gasteiger partial charge in [0.1, 0.15) is 0 Å². The Morgan fingerprint density at radius 2 is 2.42 bits per heavy atom. The summed E-state index contributed by atoms with van der Waals surface area (Å²) < 4.78 is 4.78. The maximum atomic E-state index is 11.3. The highest BCUT2D eigenvalue weighted by Gasteiger charge is 2.50. The summed E-state index contributed by atoms with van der Waals surface area (Å²) >= 11 is 0. The number of ether oxygens (including phenoxy) is 1. The monoisotopic (exact) mass is 191 g/mol. The second-order valence-electron chi connectivity index (χ2n) is 3.59. The van der Waals surface area contributed by atoms with Crippen LogP contribution in [0.25, 0.3) is 0 Å². The summed E-state index contributed by atoms with van der Waals surface area (Å²) in [5.41, 5.74) is -0.153. The molecule has 3 nitrogen and oxygen atoms in total. The van der Waals surface area contributed by atoms with Crippen molar-refractivity contribution in [1.82, 2.24) is 5.32 Å². The Morgan fingerprint density at radius 3 is 2.75 bits per heavy atom. The van der Waals surface area contributed by atoms with Crippen LogP contribution >= 0.6 is 12.4 Å². The Hall–Kier alpha value is -0.280. The number of hydrogen-bond acceptors (Lipinski definition) is 3. The number of esters is 1. The summed E-state index contributed by atoms with van der Waals surface area (Å²) in [4.78, 5) is 11.3. The minimum absolute atomic E-state index is 0. The van der Waals surface area contributed by atoms with Gasteiger partial charge >= 0.3 is 5.97 Å². The molecule has 2 atom stereocenters. The summed E-state index contributed by atoms with van der Waals surface area (Å²) in [5, 5.41) is 3.31. The lowest BCUT2D eigenvalue weighted by atomic mass is 9.88. The van der Waals surface area contributed by atoms with Crippen LogP contribution in [0, 0.1) is 5.41 Å². The Bertz CT molecular complexity index is 187. The Balaban J connectivity index is 0.000000720. The Morgan fingerprint density at radius 1 is 1.67 bits per heavy atom. The van der Waals surface area contributed by atoms with E-state index < -0.39 is 0 Å². The molecule has 1 heterocycles. The van der Waals surface area contributed by atoms with Crippen LogP contribution in [-0.4, -0.2) is 25.7 Å². The minimum atomic E-state index is -0.153. The van der Waals surface area contributed by atoms with Gasteiger partial charge in [0, 0.05) is 12.6 Å². The second kappa shape index (κ2) is 3.23. The summed E-state index contributed by atoms with van der Waals surface area (Å²) in [6.07, 6.45) is 3.13. The fourth-order valence-corrected chi connectivity index (χ4v) is 2.27. The highest BCUT2D eigenvalue weighted by atomic mass is 35.5. The lowest BCUT2D eigenvalue weighted by Gasteiger charge is -2.22. The molecule has 1 saturated carbocycles. The van der Waals surface area contributed by atoms with Crippen molar-refractivity contribution in [2.24, 2.45) is 5.41 Å². The van der Waals surface area contributed by atoms with Gasteiger partial charge in [-0.25, -0.2) is 0 Å². The predicted octanol–water partition coefficient (Wildman–Crippen LogP) is 0.723. The molecule has 0 amide bonds.